The smallest absolute Gasteiger partial charge is 0.000696 e. The first-order chi connectivity index (χ1) is 28.7. The van der Waals surface area contributed by atoms with Crippen LogP contribution in [0.3, 0.4) is 0 Å². The lowest BCUT2D eigenvalue weighted by atomic mass is 9.82. The summed E-state index contributed by atoms with van der Waals surface area (Å²) in [6, 6.07) is 68.8. The fourth-order valence-electron chi connectivity index (χ4n) is 11.1. The SMILES string of the molecule is Cc1cccc(C)c1-c1ccc2c3c(-c4cccc5ccccc45)c4c(cc5c6ccccc6c6cccc4c65)c(-c4cccc5ccccc45)c3c3cccc1c32. The Kier molecular flexibility index (Phi) is 6.39. The fourth-order valence-corrected chi connectivity index (χ4v) is 11.1. The summed E-state index contributed by atoms with van der Waals surface area (Å²) in [5, 5.41) is 23.6. The van der Waals surface area contributed by atoms with Crippen molar-refractivity contribution in [3.05, 3.63) is 193 Å². The molecule has 0 radical (unpaired) electrons. The van der Waals surface area contributed by atoms with Crippen LogP contribution >= 0.6 is 0 Å². The van der Waals surface area contributed by atoms with Gasteiger partial charge in [-0.1, -0.05) is 176 Å². The van der Waals surface area contributed by atoms with E-state index in [0.717, 1.165) is 0 Å². The first-order valence-corrected chi connectivity index (χ1v) is 20.4. The van der Waals surface area contributed by atoms with Crippen LogP contribution in [-0.2, 0) is 0 Å². The molecule has 268 valence electrons. The van der Waals surface area contributed by atoms with Crippen molar-refractivity contribution < 1.29 is 0 Å². The molecular formula is C58H36. The molecule has 13 aromatic carbocycles. The number of fused-ring (bicyclic) bond motifs is 10. The highest BCUT2D eigenvalue weighted by atomic mass is 14.3. The molecule has 0 N–H and O–H groups in total. The maximum Gasteiger partial charge on any atom is -0.000696 e. The zero-order chi connectivity index (χ0) is 38.2. The summed E-state index contributed by atoms with van der Waals surface area (Å²) in [7, 11) is 0. The molecule has 0 aliphatic heterocycles. The maximum atomic E-state index is 2.56. The standard InChI is InChI=1S/C58H36/c1-33-14-9-15-34(2)51(33)45-30-31-48-52-44(45)27-13-29-47(52)57-54(41-24-10-18-35-16-3-5-20-37(35)41)50-32-49-40-23-8-7-22-39(40)43-26-12-28-46(53(43)49)55(50)56(58(48)57)42-25-11-19-36-17-4-6-21-38(36)42/h3-32H,1-2H3. The molecule has 0 unspecified atom stereocenters. The van der Waals surface area contributed by atoms with Crippen molar-refractivity contribution in [3.63, 3.8) is 0 Å². The number of aryl methyl sites for hydroxylation is 2. The maximum absolute atomic E-state index is 2.56. The molecule has 0 saturated carbocycles. The normalized spacial score (nSPS) is 12.3. The van der Waals surface area contributed by atoms with Crippen molar-refractivity contribution in [2.45, 2.75) is 13.8 Å². The van der Waals surface area contributed by atoms with Crippen molar-refractivity contribution in [1.29, 1.82) is 0 Å². The number of benzene rings is 11. The molecule has 0 heterocycles. The molecular weight excluding hydrogens is 697 g/mol. The molecule has 0 aliphatic carbocycles. The summed E-state index contributed by atoms with van der Waals surface area (Å²) in [6.45, 7) is 4.51. The Hall–Kier alpha value is -7.28. The highest BCUT2D eigenvalue weighted by Gasteiger charge is 2.28. The second-order valence-electron chi connectivity index (χ2n) is 16.3. The molecule has 0 heteroatoms. The molecule has 0 spiro atoms. The van der Waals surface area contributed by atoms with Gasteiger partial charge in [0.1, 0.15) is 0 Å². The Balaban J connectivity index is 1.37. The van der Waals surface area contributed by atoms with Gasteiger partial charge in [0.25, 0.3) is 0 Å². The number of hydrogen-bond donors (Lipinski definition) is 0. The van der Waals surface area contributed by atoms with Crippen LogP contribution in [0.5, 0.6) is 0 Å². The molecule has 0 aliphatic rings. The second-order valence-corrected chi connectivity index (χ2v) is 16.3. The van der Waals surface area contributed by atoms with Crippen LogP contribution in [-0.4, -0.2) is 0 Å². The van der Waals surface area contributed by atoms with E-state index in [-0.39, 0.29) is 0 Å². The van der Waals surface area contributed by atoms with Gasteiger partial charge in [-0.25, -0.2) is 0 Å². The first kappa shape index (κ1) is 31.9. The van der Waals surface area contributed by atoms with Crippen LogP contribution in [0.2, 0.25) is 0 Å². The van der Waals surface area contributed by atoms with Crippen molar-refractivity contribution in [2.75, 3.05) is 0 Å². The summed E-state index contributed by atoms with van der Waals surface area (Å²) in [4.78, 5) is 0. The molecule has 0 nitrogen and oxygen atoms in total. The minimum Gasteiger partial charge on any atom is -0.0617 e. The molecule has 0 fully saturated rings. The molecule has 13 aromatic rings. The van der Waals surface area contributed by atoms with Gasteiger partial charge in [-0.15, -0.1) is 0 Å². The van der Waals surface area contributed by atoms with Gasteiger partial charge in [-0.2, -0.15) is 0 Å². The summed E-state index contributed by atoms with van der Waals surface area (Å²) in [6.07, 6.45) is 0. The van der Waals surface area contributed by atoms with E-state index < -0.39 is 0 Å². The van der Waals surface area contributed by atoms with E-state index in [9.17, 15) is 0 Å². The largest absolute Gasteiger partial charge is 0.0617 e. The number of rotatable bonds is 3. The van der Waals surface area contributed by atoms with Gasteiger partial charge in [-0.3, -0.25) is 0 Å². The van der Waals surface area contributed by atoms with E-state index in [0.29, 0.717) is 0 Å². The summed E-state index contributed by atoms with van der Waals surface area (Å²) < 4.78 is 0. The minimum atomic E-state index is 1.25. The number of hydrogen-bond acceptors (Lipinski definition) is 0. The monoisotopic (exact) mass is 732 g/mol. The molecule has 0 atom stereocenters. The van der Waals surface area contributed by atoms with Crippen LogP contribution in [0.15, 0.2) is 182 Å². The van der Waals surface area contributed by atoms with Crippen molar-refractivity contribution in [2.24, 2.45) is 0 Å². The summed E-state index contributed by atoms with van der Waals surface area (Å²) in [5.74, 6) is 0. The second kappa shape index (κ2) is 11.6. The van der Waals surface area contributed by atoms with E-state index in [1.165, 1.54) is 141 Å². The Morgan fingerprint density at radius 3 is 1.34 bits per heavy atom. The van der Waals surface area contributed by atoms with E-state index in [1.54, 1.807) is 0 Å². The fraction of sp³-hybridized carbons (Fsp3) is 0.0345. The van der Waals surface area contributed by atoms with Crippen molar-refractivity contribution in [3.8, 4) is 33.4 Å². The highest BCUT2D eigenvalue weighted by molar-refractivity contribution is 6.46. The van der Waals surface area contributed by atoms with E-state index in [2.05, 4.69) is 196 Å². The van der Waals surface area contributed by atoms with Gasteiger partial charge < -0.3 is 0 Å². The van der Waals surface area contributed by atoms with Gasteiger partial charge in [0.2, 0.25) is 0 Å². The van der Waals surface area contributed by atoms with Crippen LogP contribution in [0.25, 0.3) is 130 Å². The molecule has 0 amide bonds. The summed E-state index contributed by atoms with van der Waals surface area (Å²) >= 11 is 0. The van der Waals surface area contributed by atoms with E-state index >= 15 is 0 Å². The topological polar surface area (TPSA) is 0 Å². The average molecular weight is 733 g/mol. The Morgan fingerprint density at radius 2 is 0.655 bits per heavy atom. The Bertz CT molecular complexity index is 3830. The lowest BCUT2D eigenvalue weighted by Gasteiger charge is -2.20. The van der Waals surface area contributed by atoms with Gasteiger partial charge in [-0.05, 0) is 161 Å². The molecule has 0 aromatic heterocycles. The Morgan fingerprint density at radius 1 is 0.224 bits per heavy atom. The lowest BCUT2D eigenvalue weighted by Crippen LogP contribution is -1.93. The lowest BCUT2D eigenvalue weighted by molar-refractivity contribution is 1.39. The van der Waals surface area contributed by atoms with Gasteiger partial charge in [0.15, 0.2) is 0 Å². The third-order valence-electron chi connectivity index (χ3n) is 13.4. The van der Waals surface area contributed by atoms with Crippen LogP contribution in [0.4, 0.5) is 0 Å². The van der Waals surface area contributed by atoms with Crippen LogP contribution in [0.1, 0.15) is 11.1 Å². The quantitative estimate of drug-likeness (QED) is 0.159. The van der Waals surface area contributed by atoms with Gasteiger partial charge in [0, 0.05) is 0 Å². The van der Waals surface area contributed by atoms with E-state index in [1.807, 2.05) is 0 Å². The molecule has 0 bridgehead atoms. The third kappa shape index (κ3) is 4.09. The molecule has 13 rings (SSSR count). The van der Waals surface area contributed by atoms with Gasteiger partial charge in [0.05, 0.1) is 0 Å². The molecule has 58 heavy (non-hydrogen) atoms. The third-order valence-corrected chi connectivity index (χ3v) is 13.4. The molecule has 0 saturated heterocycles. The predicted octanol–water partition coefficient (Wildman–Crippen LogP) is 16.6. The summed E-state index contributed by atoms with van der Waals surface area (Å²) in [5.41, 5.74) is 10.4. The zero-order valence-electron chi connectivity index (χ0n) is 32.3. The van der Waals surface area contributed by atoms with Crippen LogP contribution < -0.4 is 0 Å². The zero-order valence-corrected chi connectivity index (χ0v) is 32.3. The van der Waals surface area contributed by atoms with Crippen LogP contribution in [0, 0.1) is 13.8 Å². The average Bonchev–Trinajstić information content (AvgIpc) is 3.77. The van der Waals surface area contributed by atoms with Crippen molar-refractivity contribution >= 4 is 97.0 Å². The Labute approximate surface area is 335 Å². The van der Waals surface area contributed by atoms with E-state index in [4.69, 9.17) is 0 Å². The van der Waals surface area contributed by atoms with Gasteiger partial charge >= 0.3 is 0 Å². The van der Waals surface area contributed by atoms with Crippen molar-refractivity contribution in [1.82, 2.24) is 0 Å². The minimum absolute atomic E-state index is 1.25. The predicted molar refractivity (Wildman–Crippen MR) is 252 cm³/mol. The highest BCUT2D eigenvalue weighted by Crippen LogP contribution is 2.56. The first-order valence-electron chi connectivity index (χ1n) is 20.4.